The number of para-hydroxylation sites is 1. The number of piperidine rings is 1. The molecule has 0 unspecified atom stereocenters. The SMILES string of the molecule is CCc1oc2ccccc2c1/C=C/C(=O)N(C)C1CCN(CC)CC1. The highest BCUT2D eigenvalue weighted by Crippen LogP contribution is 2.27. The Kier molecular flexibility index (Phi) is 5.59. The van der Waals surface area contributed by atoms with Gasteiger partial charge in [-0.3, -0.25) is 4.79 Å². The van der Waals surface area contributed by atoms with Gasteiger partial charge < -0.3 is 14.2 Å². The standard InChI is InChI=1S/C21H28N2O2/c1-4-19-18(17-8-6-7-9-20(17)25-19)10-11-21(24)22(3)16-12-14-23(5-2)15-13-16/h6-11,16H,4-5,12-15H2,1-3H3/b11-10+. The first-order chi connectivity index (χ1) is 12.1. The fraction of sp³-hybridized carbons (Fsp3) is 0.476. The first-order valence-electron chi connectivity index (χ1n) is 9.31. The van der Waals surface area contributed by atoms with Gasteiger partial charge in [-0.2, -0.15) is 0 Å². The van der Waals surface area contributed by atoms with E-state index in [-0.39, 0.29) is 5.91 Å². The van der Waals surface area contributed by atoms with Gasteiger partial charge in [-0.1, -0.05) is 32.0 Å². The summed E-state index contributed by atoms with van der Waals surface area (Å²) >= 11 is 0. The number of furan rings is 1. The van der Waals surface area contributed by atoms with E-state index in [1.54, 1.807) is 6.08 Å². The van der Waals surface area contributed by atoms with Crippen LogP contribution in [-0.4, -0.2) is 48.4 Å². The summed E-state index contributed by atoms with van der Waals surface area (Å²) in [5.74, 6) is 1.01. The van der Waals surface area contributed by atoms with E-state index in [2.05, 4.69) is 18.7 Å². The number of likely N-dealkylation sites (N-methyl/N-ethyl adjacent to an activating group) is 1. The van der Waals surface area contributed by atoms with Crippen LogP contribution in [0.3, 0.4) is 0 Å². The summed E-state index contributed by atoms with van der Waals surface area (Å²) in [4.78, 5) is 17.0. The molecule has 2 aromatic rings. The number of carbonyl (C=O) groups is 1. The van der Waals surface area contributed by atoms with E-state index in [4.69, 9.17) is 4.42 Å². The van der Waals surface area contributed by atoms with Crippen molar-refractivity contribution in [2.24, 2.45) is 0 Å². The summed E-state index contributed by atoms with van der Waals surface area (Å²) in [5, 5.41) is 1.07. The Bertz CT molecular complexity index is 754. The Morgan fingerprint density at radius 1 is 1.28 bits per heavy atom. The molecule has 1 aliphatic rings. The highest BCUT2D eigenvalue weighted by Gasteiger charge is 2.23. The zero-order chi connectivity index (χ0) is 17.8. The molecule has 3 rings (SSSR count). The first-order valence-corrected chi connectivity index (χ1v) is 9.31. The molecule has 1 aliphatic heterocycles. The maximum Gasteiger partial charge on any atom is 0.246 e. The minimum Gasteiger partial charge on any atom is -0.460 e. The number of rotatable bonds is 5. The first kappa shape index (κ1) is 17.7. The number of nitrogens with zero attached hydrogens (tertiary/aromatic N) is 2. The fourth-order valence-corrected chi connectivity index (χ4v) is 3.64. The molecule has 0 radical (unpaired) electrons. The molecule has 1 fully saturated rings. The predicted molar refractivity (Wildman–Crippen MR) is 103 cm³/mol. The summed E-state index contributed by atoms with van der Waals surface area (Å²) in [5.41, 5.74) is 1.91. The van der Waals surface area contributed by atoms with Crippen molar-refractivity contribution in [3.05, 3.63) is 41.7 Å². The van der Waals surface area contributed by atoms with Gasteiger partial charge >= 0.3 is 0 Å². The monoisotopic (exact) mass is 340 g/mol. The second-order valence-electron chi connectivity index (χ2n) is 6.74. The van der Waals surface area contributed by atoms with Gasteiger partial charge in [0.2, 0.25) is 5.91 Å². The molecule has 4 heteroatoms. The number of carbonyl (C=O) groups excluding carboxylic acids is 1. The Balaban J connectivity index is 1.72. The molecule has 0 saturated carbocycles. The van der Waals surface area contributed by atoms with Gasteiger partial charge in [0, 0.05) is 49.6 Å². The quantitative estimate of drug-likeness (QED) is 0.773. The number of benzene rings is 1. The number of likely N-dealkylation sites (tertiary alicyclic amines) is 1. The molecule has 134 valence electrons. The zero-order valence-corrected chi connectivity index (χ0v) is 15.5. The van der Waals surface area contributed by atoms with E-state index in [0.717, 1.165) is 61.2 Å². The molecule has 4 nitrogen and oxygen atoms in total. The van der Waals surface area contributed by atoms with Crippen LogP contribution >= 0.6 is 0 Å². The molecular formula is C21H28N2O2. The van der Waals surface area contributed by atoms with Crippen molar-refractivity contribution in [1.82, 2.24) is 9.80 Å². The van der Waals surface area contributed by atoms with Crippen LogP contribution in [0.1, 0.15) is 38.0 Å². The molecule has 2 heterocycles. The Labute approximate surface area is 150 Å². The highest BCUT2D eigenvalue weighted by molar-refractivity contribution is 5.96. The van der Waals surface area contributed by atoms with Crippen molar-refractivity contribution in [3.63, 3.8) is 0 Å². The van der Waals surface area contributed by atoms with Crippen LogP contribution in [0.4, 0.5) is 0 Å². The van der Waals surface area contributed by atoms with Crippen molar-refractivity contribution in [3.8, 4) is 0 Å². The fourth-order valence-electron chi connectivity index (χ4n) is 3.64. The molecule has 25 heavy (non-hydrogen) atoms. The third kappa shape index (κ3) is 3.79. The van der Waals surface area contributed by atoms with Crippen LogP contribution in [0.2, 0.25) is 0 Å². The van der Waals surface area contributed by atoms with Crippen molar-refractivity contribution < 1.29 is 9.21 Å². The molecule has 1 saturated heterocycles. The smallest absolute Gasteiger partial charge is 0.246 e. The van der Waals surface area contributed by atoms with Crippen LogP contribution in [0, 0.1) is 0 Å². The summed E-state index contributed by atoms with van der Waals surface area (Å²) in [6.07, 6.45) is 6.54. The molecule has 0 N–H and O–H groups in total. The van der Waals surface area contributed by atoms with Gasteiger partial charge in [-0.25, -0.2) is 0 Å². The van der Waals surface area contributed by atoms with Gasteiger partial charge in [-0.15, -0.1) is 0 Å². The van der Waals surface area contributed by atoms with Gasteiger partial charge in [0.1, 0.15) is 11.3 Å². The average Bonchev–Trinajstić information content (AvgIpc) is 3.03. The van der Waals surface area contributed by atoms with E-state index in [1.165, 1.54) is 0 Å². The van der Waals surface area contributed by atoms with E-state index >= 15 is 0 Å². The molecule has 0 spiro atoms. The lowest BCUT2D eigenvalue weighted by Gasteiger charge is -2.35. The summed E-state index contributed by atoms with van der Waals surface area (Å²) in [6, 6.07) is 8.34. The molecule has 0 bridgehead atoms. The van der Waals surface area contributed by atoms with Crippen molar-refractivity contribution in [1.29, 1.82) is 0 Å². The molecule has 1 aromatic carbocycles. The number of fused-ring (bicyclic) bond motifs is 1. The maximum atomic E-state index is 12.6. The summed E-state index contributed by atoms with van der Waals surface area (Å²) < 4.78 is 5.90. The van der Waals surface area contributed by atoms with Crippen molar-refractivity contribution >= 4 is 23.0 Å². The third-order valence-electron chi connectivity index (χ3n) is 5.32. The summed E-state index contributed by atoms with van der Waals surface area (Å²) in [7, 11) is 1.92. The Hall–Kier alpha value is -2.07. The van der Waals surface area contributed by atoms with E-state index in [9.17, 15) is 4.79 Å². The summed E-state index contributed by atoms with van der Waals surface area (Å²) in [6.45, 7) is 7.52. The zero-order valence-electron chi connectivity index (χ0n) is 15.5. The number of amides is 1. The number of hydrogen-bond donors (Lipinski definition) is 0. The van der Waals surface area contributed by atoms with Gasteiger partial charge in [0.15, 0.2) is 0 Å². The molecule has 0 aliphatic carbocycles. The van der Waals surface area contributed by atoms with Crippen molar-refractivity contribution in [2.45, 2.75) is 39.2 Å². The third-order valence-corrected chi connectivity index (χ3v) is 5.32. The topological polar surface area (TPSA) is 36.7 Å². The van der Waals surface area contributed by atoms with Gasteiger partial charge in [0.25, 0.3) is 0 Å². The molecule has 0 atom stereocenters. The van der Waals surface area contributed by atoms with Crippen molar-refractivity contribution in [2.75, 3.05) is 26.7 Å². The van der Waals surface area contributed by atoms with Gasteiger partial charge in [0.05, 0.1) is 0 Å². The minimum absolute atomic E-state index is 0.0716. The maximum absolute atomic E-state index is 12.6. The second kappa shape index (κ2) is 7.87. The van der Waals surface area contributed by atoms with Crippen LogP contribution in [0.5, 0.6) is 0 Å². The minimum atomic E-state index is 0.0716. The average molecular weight is 340 g/mol. The van der Waals surface area contributed by atoms with Crippen LogP contribution in [-0.2, 0) is 11.2 Å². The lowest BCUT2D eigenvalue weighted by Crippen LogP contribution is -2.45. The van der Waals surface area contributed by atoms with Gasteiger partial charge in [-0.05, 0) is 31.5 Å². The number of hydrogen-bond acceptors (Lipinski definition) is 3. The normalized spacial score (nSPS) is 16.8. The van der Waals surface area contributed by atoms with E-state index < -0.39 is 0 Å². The molecule has 1 amide bonds. The van der Waals surface area contributed by atoms with E-state index in [0.29, 0.717) is 6.04 Å². The molecular weight excluding hydrogens is 312 g/mol. The predicted octanol–water partition coefficient (Wildman–Crippen LogP) is 3.95. The number of aryl methyl sites for hydroxylation is 1. The van der Waals surface area contributed by atoms with E-state index in [1.807, 2.05) is 42.3 Å². The second-order valence-corrected chi connectivity index (χ2v) is 6.74. The lowest BCUT2D eigenvalue weighted by molar-refractivity contribution is -0.127. The Morgan fingerprint density at radius 2 is 2.00 bits per heavy atom. The molecule has 1 aromatic heterocycles. The van der Waals surface area contributed by atoms with Crippen LogP contribution in [0.15, 0.2) is 34.8 Å². The van der Waals surface area contributed by atoms with Crippen LogP contribution < -0.4 is 0 Å². The lowest BCUT2D eigenvalue weighted by atomic mass is 10.0. The van der Waals surface area contributed by atoms with Crippen LogP contribution in [0.25, 0.3) is 17.0 Å². The largest absolute Gasteiger partial charge is 0.460 e. The Morgan fingerprint density at radius 3 is 2.68 bits per heavy atom. The highest BCUT2D eigenvalue weighted by atomic mass is 16.3.